The van der Waals surface area contributed by atoms with Gasteiger partial charge in [0.15, 0.2) is 0 Å². The van der Waals surface area contributed by atoms with E-state index in [0.717, 1.165) is 11.1 Å². The van der Waals surface area contributed by atoms with Crippen molar-refractivity contribution >= 4 is 15.9 Å². The second-order valence-corrected chi connectivity index (χ2v) is 6.02. The van der Waals surface area contributed by atoms with Crippen LogP contribution < -0.4 is 5.73 Å². The summed E-state index contributed by atoms with van der Waals surface area (Å²) in [5.41, 5.74) is 7.17. The van der Waals surface area contributed by atoms with Gasteiger partial charge in [-0.25, -0.2) is 8.42 Å². The molecule has 1 aliphatic rings. The highest BCUT2D eigenvalue weighted by molar-refractivity contribution is 7.95. The third-order valence-electron chi connectivity index (χ3n) is 2.75. The number of hydrogen-bond donors (Lipinski definition) is 1. The van der Waals surface area contributed by atoms with E-state index in [0.29, 0.717) is 29.2 Å². The first-order valence-electron chi connectivity index (χ1n) is 5.32. The first kappa shape index (κ1) is 11.4. The number of hydrogen-bond acceptors (Lipinski definition) is 3. The predicted octanol–water partition coefficient (Wildman–Crippen LogP) is 1.86. The maximum atomic E-state index is 12.1. The van der Waals surface area contributed by atoms with Gasteiger partial charge in [0.05, 0.1) is 4.90 Å². The molecule has 1 aromatic rings. The van der Waals surface area contributed by atoms with Crippen molar-refractivity contribution in [2.75, 3.05) is 6.54 Å². The Labute approximate surface area is 95.9 Å². The van der Waals surface area contributed by atoms with Gasteiger partial charge in [-0.2, -0.15) is 0 Å². The third-order valence-corrected chi connectivity index (χ3v) is 4.69. The summed E-state index contributed by atoms with van der Waals surface area (Å²) < 4.78 is 24.3. The molecule has 0 radical (unpaired) electrons. The topological polar surface area (TPSA) is 60.2 Å². The molecule has 2 rings (SSSR count). The van der Waals surface area contributed by atoms with Crippen molar-refractivity contribution in [2.45, 2.75) is 24.7 Å². The summed E-state index contributed by atoms with van der Waals surface area (Å²) in [6.45, 7) is 2.41. The minimum absolute atomic E-state index is 0.444. The van der Waals surface area contributed by atoms with E-state index in [9.17, 15) is 8.42 Å². The average Bonchev–Trinajstić information content (AvgIpc) is 2.48. The van der Waals surface area contributed by atoms with Crippen molar-refractivity contribution in [3.05, 3.63) is 34.2 Å². The first-order valence-corrected chi connectivity index (χ1v) is 6.80. The van der Waals surface area contributed by atoms with Crippen LogP contribution in [0, 0.1) is 6.92 Å². The van der Waals surface area contributed by atoms with Crippen molar-refractivity contribution in [1.82, 2.24) is 0 Å². The maximum absolute atomic E-state index is 12.1. The minimum Gasteiger partial charge on any atom is -0.330 e. The molecular weight excluding hydrogens is 222 g/mol. The highest BCUT2D eigenvalue weighted by atomic mass is 32.2. The quantitative estimate of drug-likeness (QED) is 0.873. The van der Waals surface area contributed by atoms with E-state index in [-0.39, 0.29) is 0 Å². The van der Waals surface area contributed by atoms with Gasteiger partial charge in [0.1, 0.15) is 0 Å². The Morgan fingerprint density at radius 3 is 2.75 bits per heavy atom. The van der Waals surface area contributed by atoms with Gasteiger partial charge in [-0.3, -0.25) is 0 Å². The Morgan fingerprint density at radius 1 is 1.31 bits per heavy atom. The molecule has 0 bridgehead atoms. The minimum atomic E-state index is -3.24. The van der Waals surface area contributed by atoms with Crippen LogP contribution in [0.1, 0.15) is 24.0 Å². The zero-order valence-corrected chi connectivity index (χ0v) is 10.0. The summed E-state index contributed by atoms with van der Waals surface area (Å²) in [4.78, 5) is 0.943. The van der Waals surface area contributed by atoms with Crippen molar-refractivity contribution in [2.24, 2.45) is 5.73 Å². The van der Waals surface area contributed by atoms with E-state index in [1.807, 2.05) is 19.1 Å². The van der Waals surface area contributed by atoms with E-state index < -0.39 is 9.84 Å². The van der Waals surface area contributed by atoms with Crippen LogP contribution in [0.25, 0.3) is 6.08 Å². The molecule has 0 aliphatic carbocycles. The molecule has 16 heavy (non-hydrogen) atoms. The summed E-state index contributed by atoms with van der Waals surface area (Å²) >= 11 is 0. The van der Waals surface area contributed by atoms with Crippen LogP contribution in [-0.2, 0) is 9.84 Å². The molecule has 4 heteroatoms. The van der Waals surface area contributed by atoms with Gasteiger partial charge in [-0.05, 0) is 49.6 Å². The van der Waals surface area contributed by atoms with Gasteiger partial charge in [-0.1, -0.05) is 12.1 Å². The molecule has 86 valence electrons. The standard InChI is InChI=1S/C12H15NO2S/c1-9-4-5-10-8-11(3-2-6-13)16(14,15)12(10)7-9/h4-5,7-8H,2-3,6,13H2,1H3. The molecular formula is C12H15NO2S. The SMILES string of the molecule is Cc1ccc2c(c1)S(=O)(=O)C(CCCN)=C2. The maximum Gasteiger partial charge on any atom is 0.203 e. The molecule has 0 fully saturated rings. The van der Waals surface area contributed by atoms with Crippen LogP contribution in [-0.4, -0.2) is 15.0 Å². The molecule has 1 heterocycles. The molecule has 0 saturated carbocycles. The van der Waals surface area contributed by atoms with Crippen molar-refractivity contribution < 1.29 is 8.42 Å². The zero-order valence-electron chi connectivity index (χ0n) is 9.23. The van der Waals surface area contributed by atoms with E-state index >= 15 is 0 Å². The van der Waals surface area contributed by atoms with Crippen LogP contribution >= 0.6 is 0 Å². The van der Waals surface area contributed by atoms with E-state index in [2.05, 4.69) is 0 Å². The summed E-state index contributed by atoms with van der Waals surface area (Å²) in [6.07, 6.45) is 3.00. The molecule has 1 aromatic carbocycles. The fourth-order valence-electron chi connectivity index (χ4n) is 1.87. The van der Waals surface area contributed by atoms with Crippen LogP contribution in [0.5, 0.6) is 0 Å². The molecule has 0 spiro atoms. The molecule has 0 saturated heterocycles. The zero-order chi connectivity index (χ0) is 11.8. The summed E-state index contributed by atoms with van der Waals surface area (Å²) in [5, 5.41) is 0. The molecule has 1 aliphatic heterocycles. The van der Waals surface area contributed by atoms with Gasteiger partial charge in [0.2, 0.25) is 9.84 Å². The van der Waals surface area contributed by atoms with Crippen LogP contribution in [0.2, 0.25) is 0 Å². The number of allylic oxidation sites excluding steroid dienone is 1. The van der Waals surface area contributed by atoms with Crippen molar-refractivity contribution in [1.29, 1.82) is 0 Å². The normalized spacial score (nSPS) is 17.0. The van der Waals surface area contributed by atoms with Crippen LogP contribution in [0.3, 0.4) is 0 Å². The Balaban J connectivity index is 2.44. The second-order valence-electron chi connectivity index (χ2n) is 4.05. The lowest BCUT2D eigenvalue weighted by atomic mass is 10.1. The van der Waals surface area contributed by atoms with E-state index in [4.69, 9.17) is 5.73 Å². The molecule has 3 nitrogen and oxygen atoms in total. The molecule has 0 atom stereocenters. The lowest BCUT2D eigenvalue weighted by molar-refractivity contribution is 0.600. The number of fused-ring (bicyclic) bond motifs is 1. The molecule has 0 unspecified atom stereocenters. The number of sulfone groups is 1. The largest absolute Gasteiger partial charge is 0.330 e. The van der Waals surface area contributed by atoms with Crippen LogP contribution in [0.4, 0.5) is 0 Å². The van der Waals surface area contributed by atoms with E-state index in [1.165, 1.54) is 0 Å². The fourth-order valence-corrected chi connectivity index (χ4v) is 3.62. The van der Waals surface area contributed by atoms with Gasteiger partial charge in [0.25, 0.3) is 0 Å². The van der Waals surface area contributed by atoms with Crippen molar-refractivity contribution in [3.63, 3.8) is 0 Å². The lowest BCUT2D eigenvalue weighted by Crippen LogP contribution is -2.04. The lowest BCUT2D eigenvalue weighted by Gasteiger charge is -2.03. The Morgan fingerprint density at radius 2 is 2.06 bits per heavy atom. The smallest absolute Gasteiger partial charge is 0.203 e. The van der Waals surface area contributed by atoms with Gasteiger partial charge in [-0.15, -0.1) is 0 Å². The summed E-state index contributed by atoms with van der Waals surface area (Å²) in [6, 6.07) is 5.52. The monoisotopic (exact) mass is 237 g/mol. The average molecular weight is 237 g/mol. The number of benzene rings is 1. The van der Waals surface area contributed by atoms with Crippen LogP contribution in [0.15, 0.2) is 28.0 Å². The number of rotatable bonds is 3. The molecule has 2 N–H and O–H groups in total. The fraction of sp³-hybridized carbons (Fsp3) is 0.333. The Kier molecular flexibility index (Phi) is 2.86. The Bertz CT molecular complexity index is 544. The first-order chi connectivity index (χ1) is 7.55. The van der Waals surface area contributed by atoms with Gasteiger partial charge >= 0.3 is 0 Å². The Hall–Kier alpha value is -1.13. The predicted molar refractivity (Wildman–Crippen MR) is 64.6 cm³/mol. The number of aryl methyl sites for hydroxylation is 1. The summed E-state index contributed by atoms with van der Waals surface area (Å²) in [5.74, 6) is 0. The highest BCUT2D eigenvalue weighted by Crippen LogP contribution is 2.35. The summed E-state index contributed by atoms with van der Waals surface area (Å²) in [7, 11) is -3.24. The second kappa shape index (κ2) is 4.03. The highest BCUT2D eigenvalue weighted by Gasteiger charge is 2.28. The van der Waals surface area contributed by atoms with Crippen molar-refractivity contribution in [3.8, 4) is 0 Å². The van der Waals surface area contributed by atoms with Gasteiger partial charge in [0, 0.05) is 4.91 Å². The van der Waals surface area contributed by atoms with E-state index in [1.54, 1.807) is 12.1 Å². The molecule has 0 aromatic heterocycles. The number of nitrogens with two attached hydrogens (primary N) is 1. The molecule has 0 amide bonds. The third kappa shape index (κ3) is 1.79. The van der Waals surface area contributed by atoms with Gasteiger partial charge < -0.3 is 5.73 Å².